The van der Waals surface area contributed by atoms with Gasteiger partial charge in [-0.2, -0.15) is 0 Å². The van der Waals surface area contributed by atoms with E-state index in [1.807, 2.05) is 0 Å². The van der Waals surface area contributed by atoms with E-state index < -0.39 is 0 Å². The fraction of sp³-hybridized carbons (Fsp3) is 1.00. The Morgan fingerprint density at radius 3 is 2.60 bits per heavy atom. The maximum atomic E-state index is 9.41. The second-order valence-corrected chi connectivity index (χ2v) is 3.29. The molecule has 0 aromatic rings. The molecular weight excluding hydrogens is 128 g/mol. The first-order valence-electron chi connectivity index (χ1n) is 4.01. The van der Waals surface area contributed by atoms with Gasteiger partial charge in [0.15, 0.2) is 0 Å². The first kappa shape index (κ1) is 8.02. The van der Waals surface area contributed by atoms with Gasteiger partial charge in [0, 0.05) is 6.61 Å². The topological polar surface area (TPSA) is 29.5 Å². The molecule has 2 atom stereocenters. The highest BCUT2D eigenvalue weighted by Gasteiger charge is 2.26. The predicted molar refractivity (Wildman–Crippen MR) is 39.8 cm³/mol. The molecule has 0 bridgehead atoms. The van der Waals surface area contributed by atoms with Crippen molar-refractivity contribution in [2.24, 2.45) is 5.92 Å². The summed E-state index contributed by atoms with van der Waals surface area (Å²) in [6.07, 6.45) is 1.76. The maximum Gasteiger partial charge on any atom is 0.0856 e. The number of rotatable bonds is 1. The van der Waals surface area contributed by atoms with E-state index >= 15 is 0 Å². The van der Waals surface area contributed by atoms with Crippen LogP contribution in [0.2, 0.25) is 0 Å². The summed E-state index contributed by atoms with van der Waals surface area (Å²) in [4.78, 5) is 0. The van der Waals surface area contributed by atoms with Crippen LogP contribution >= 0.6 is 0 Å². The van der Waals surface area contributed by atoms with E-state index in [-0.39, 0.29) is 12.2 Å². The van der Waals surface area contributed by atoms with E-state index in [9.17, 15) is 5.11 Å². The third kappa shape index (κ3) is 1.70. The third-order valence-electron chi connectivity index (χ3n) is 1.99. The van der Waals surface area contributed by atoms with Crippen molar-refractivity contribution in [3.63, 3.8) is 0 Å². The van der Waals surface area contributed by atoms with E-state index in [2.05, 4.69) is 13.8 Å². The molecule has 0 saturated carbocycles. The number of aliphatic hydroxyl groups is 1. The number of hydrogen-bond donors (Lipinski definition) is 1. The van der Waals surface area contributed by atoms with Gasteiger partial charge in [0.25, 0.3) is 0 Å². The SMILES string of the molecule is CC(C)[C@@H]1OCCCC1O. The molecule has 1 saturated heterocycles. The smallest absolute Gasteiger partial charge is 0.0856 e. The number of hydrogen-bond acceptors (Lipinski definition) is 2. The fourth-order valence-corrected chi connectivity index (χ4v) is 1.42. The van der Waals surface area contributed by atoms with Gasteiger partial charge in [-0.25, -0.2) is 0 Å². The van der Waals surface area contributed by atoms with Crippen molar-refractivity contribution in [1.29, 1.82) is 0 Å². The highest BCUT2D eigenvalue weighted by atomic mass is 16.5. The molecule has 1 aliphatic rings. The summed E-state index contributed by atoms with van der Waals surface area (Å²) in [5.74, 6) is 0.440. The normalized spacial score (nSPS) is 34.8. The first-order valence-corrected chi connectivity index (χ1v) is 4.01. The molecule has 2 nitrogen and oxygen atoms in total. The lowest BCUT2D eigenvalue weighted by Gasteiger charge is -2.30. The van der Waals surface area contributed by atoms with Crippen LogP contribution in [0.3, 0.4) is 0 Å². The Labute approximate surface area is 62.2 Å². The van der Waals surface area contributed by atoms with Crippen LogP contribution in [0.15, 0.2) is 0 Å². The van der Waals surface area contributed by atoms with Gasteiger partial charge < -0.3 is 9.84 Å². The maximum absolute atomic E-state index is 9.41. The Morgan fingerprint density at radius 2 is 2.20 bits per heavy atom. The zero-order valence-corrected chi connectivity index (χ0v) is 6.71. The second kappa shape index (κ2) is 3.35. The molecule has 10 heavy (non-hydrogen) atoms. The lowest BCUT2D eigenvalue weighted by molar-refractivity contribution is -0.0942. The quantitative estimate of drug-likeness (QED) is 0.599. The summed E-state index contributed by atoms with van der Waals surface area (Å²) in [5, 5.41) is 9.41. The lowest BCUT2D eigenvalue weighted by Crippen LogP contribution is -2.37. The Balaban J connectivity index is 2.40. The van der Waals surface area contributed by atoms with Gasteiger partial charge in [0.2, 0.25) is 0 Å². The Morgan fingerprint density at radius 1 is 1.50 bits per heavy atom. The standard InChI is InChI=1S/C8H16O2/c1-6(2)8-7(9)4-3-5-10-8/h6-9H,3-5H2,1-2H3/t7?,8-/m0/s1. The molecule has 1 N–H and O–H groups in total. The van der Waals surface area contributed by atoms with Crippen molar-refractivity contribution < 1.29 is 9.84 Å². The van der Waals surface area contributed by atoms with Gasteiger partial charge in [-0.1, -0.05) is 13.8 Å². The van der Waals surface area contributed by atoms with E-state index in [1.165, 1.54) is 0 Å². The van der Waals surface area contributed by atoms with Crippen molar-refractivity contribution in [3.05, 3.63) is 0 Å². The van der Waals surface area contributed by atoms with Gasteiger partial charge >= 0.3 is 0 Å². The second-order valence-electron chi connectivity index (χ2n) is 3.29. The van der Waals surface area contributed by atoms with Crippen LogP contribution in [-0.4, -0.2) is 23.9 Å². The minimum Gasteiger partial charge on any atom is -0.390 e. The third-order valence-corrected chi connectivity index (χ3v) is 1.99. The summed E-state index contributed by atoms with van der Waals surface area (Å²) in [5.41, 5.74) is 0. The van der Waals surface area contributed by atoms with Gasteiger partial charge in [-0.15, -0.1) is 0 Å². The zero-order chi connectivity index (χ0) is 7.56. The zero-order valence-electron chi connectivity index (χ0n) is 6.71. The molecule has 1 heterocycles. The van der Waals surface area contributed by atoms with Gasteiger partial charge in [0.1, 0.15) is 0 Å². The van der Waals surface area contributed by atoms with Crippen molar-refractivity contribution in [3.8, 4) is 0 Å². The van der Waals surface area contributed by atoms with Crippen LogP contribution in [0.1, 0.15) is 26.7 Å². The van der Waals surface area contributed by atoms with E-state index in [0.29, 0.717) is 5.92 Å². The molecule has 0 amide bonds. The molecule has 0 radical (unpaired) electrons. The highest BCUT2D eigenvalue weighted by molar-refractivity contribution is 4.75. The molecule has 0 aromatic carbocycles. The molecule has 0 aromatic heterocycles. The molecule has 0 aliphatic carbocycles. The summed E-state index contributed by atoms with van der Waals surface area (Å²) in [6, 6.07) is 0. The number of ether oxygens (including phenoxy) is 1. The van der Waals surface area contributed by atoms with E-state index in [1.54, 1.807) is 0 Å². The molecule has 1 rings (SSSR count). The molecule has 1 aliphatic heterocycles. The van der Waals surface area contributed by atoms with Gasteiger partial charge in [0.05, 0.1) is 12.2 Å². The molecule has 0 spiro atoms. The van der Waals surface area contributed by atoms with E-state index in [4.69, 9.17) is 4.74 Å². The molecular formula is C8H16O2. The van der Waals surface area contributed by atoms with Crippen LogP contribution in [0.5, 0.6) is 0 Å². The summed E-state index contributed by atoms with van der Waals surface area (Å²) in [6.45, 7) is 4.98. The predicted octanol–water partition coefficient (Wildman–Crippen LogP) is 1.18. The lowest BCUT2D eigenvalue weighted by atomic mass is 9.96. The molecule has 1 unspecified atom stereocenters. The fourth-order valence-electron chi connectivity index (χ4n) is 1.42. The number of aliphatic hydroxyl groups excluding tert-OH is 1. The molecule has 2 heteroatoms. The average Bonchev–Trinajstić information content (AvgIpc) is 1.88. The van der Waals surface area contributed by atoms with Crippen molar-refractivity contribution in [2.45, 2.75) is 38.9 Å². The van der Waals surface area contributed by atoms with Crippen molar-refractivity contribution in [1.82, 2.24) is 0 Å². The Bertz CT molecular complexity index is 101. The van der Waals surface area contributed by atoms with Gasteiger partial charge in [-0.3, -0.25) is 0 Å². The van der Waals surface area contributed by atoms with Crippen LogP contribution in [0.25, 0.3) is 0 Å². The minimum atomic E-state index is -0.228. The summed E-state index contributed by atoms with van der Waals surface area (Å²) >= 11 is 0. The van der Waals surface area contributed by atoms with Crippen LogP contribution in [0.4, 0.5) is 0 Å². The Kier molecular flexibility index (Phi) is 2.69. The monoisotopic (exact) mass is 144 g/mol. The van der Waals surface area contributed by atoms with Crippen LogP contribution in [0, 0.1) is 5.92 Å². The first-order chi connectivity index (χ1) is 4.72. The van der Waals surface area contributed by atoms with Gasteiger partial charge in [-0.05, 0) is 18.8 Å². The van der Waals surface area contributed by atoms with Crippen LogP contribution in [-0.2, 0) is 4.74 Å². The average molecular weight is 144 g/mol. The van der Waals surface area contributed by atoms with Crippen molar-refractivity contribution >= 4 is 0 Å². The molecule has 60 valence electrons. The summed E-state index contributed by atoms with van der Waals surface area (Å²) in [7, 11) is 0. The highest BCUT2D eigenvalue weighted by Crippen LogP contribution is 2.19. The Hall–Kier alpha value is -0.0800. The molecule has 1 fully saturated rings. The van der Waals surface area contributed by atoms with Crippen molar-refractivity contribution in [2.75, 3.05) is 6.61 Å². The summed E-state index contributed by atoms with van der Waals surface area (Å²) < 4.78 is 5.40. The van der Waals surface area contributed by atoms with E-state index in [0.717, 1.165) is 19.4 Å². The van der Waals surface area contributed by atoms with Crippen LogP contribution < -0.4 is 0 Å². The largest absolute Gasteiger partial charge is 0.390 e. The minimum absolute atomic E-state index is 0.0775.